The predicted octanol–water partition coefficient (Wildman–Crippen LogP) is -6.80. The largest absolute Gasteiger partial charge is 0.481 e. The van der Waals surface area contributed by atoms with Gasteiger partial charge >= 0.3 is 11.9 Å². The number of guanidine groups is 1. The number of aliphatic hydroxyl groups excluding tert-OH is 3. The first-order valence-electron chi connectivity index (χ1n) is 35.2. The second kappa shape index (κ2) is 43.2. The van der Waals surface area contributed by atoms with E-state index < -0.39 is 240 Å². The van der Waals surface area contributed by atoms with E-state index in [-0.39, 0.29) is 70.0 Å². The predicted molar refractivity (Wildman–Crippen MR) is 376 cm³/mol. The molecule has 0 aliphatic carbocycles. The Kier molecular flexibility index (Phi) is 37.7. The van der Waals surface area contributed by atoms with Gasteiger partial charge in [0.1, 0.15) is 78.5 Å². The van der Waals surface area contributed by atoms with Crippen molar-refractivity contribution >= 4 is 101 Å². The molecule has 16 atom stereocenters. The average Bonchev–Trinajstić information content (AvgIpc) is 1.73. The van der Waals surface area contributed by atoms with Crippen molar-refractivity contribution in [2.45, 2.75) is 252 Å². The van der Waals surface area contributed by atoms with Crippen LogP contribution in [0.3, 0.4) is 0 Å². The maximum absolute atomic E-state index is 14.2. The molecule has 0 saturated carbocycles. The van der Waals surface area contributed by atoms with Gasteiger partial charge < -0.3 is 117 Å². The number of amides is 14. The lowest BCUT2D eigenvalue weighted by Gasteiger charge is -2.33. The first-order valence-corrected chi connectivity index (χ1v) is 35.2. The Morgan fingerprint density at radius 2 is 0.790 bits per heavy atom. The van der Waals surface area contributed by atoms with Crippen LogP contribution in [-0.2, 0) is 76.7 Å². The number of aliphatic hydroxyl groups is 3. The van der Waals surface area contributed by atoms with Gasteiger partial charge in [-0.05, 0) is 94.3 Å². The van der Waals surface area contributed by atoms with Gasteiger partial charge in [0.25, 0.3) is 0 Å². The quantitative estimate of drug-likeness (QED) is 0.0153. The molecule has 39 heteroatoms. The number of carboxylic acid groups (broad SMARTS) is 2. The molecular formula is C66H114N18O21. The Hall–Kier alpha value is -9.37. The first-order chi connectivity index (χ1) is 48.8. The van der Waals surface area contributed by atoms with Crippen LogP contribution < -0.4 is 81.4 Å². The number of aliphatic carboxylic acids is 2. The van der Waals surface area contributed by atoms with Crippen molar-refractivity contribution in [3.8, 4) is 0 Å². The summed E-state index contributed by atoms with van der Waals surface area (Å²) in [5, 5.41) is 78.1. The van der Waals surface area contributed by atoms with Gasteiger partial charge in [-0.2, -0.15) is 0 Å². The van der Waals surface area contributed by atoms with Crippen LogP contribution in [0.1, 0.15) is 155 Å². The number of nitrogens with one attached hydrogen (secondary N) is 11. The third-order valence-corrected chi connectivity index (χ3v) is 17.5. The van der Waals surface area contributed by atoms with E-state index in [2.05, 4.69) is 63.5 Å². The lowest BCUT2D eigenvalue weighted by molar-refractivity contribution is -0.146. The minimum Gasteiger partial charge on any atom is -0.481 e. The lowest BCUT2D eigenvalue weighted by atomic mass is 9.98. The molecule has 0 unspecified atom stereocenters. The molecule has 594 valence electrons. The minimum atomic E-state index is -1.95. The molecule has 2 aliphatic heterocycles. The highest BCUT2D eigenvalue weighted by Gasteiger charge is 2.45. The summed E-state index contributed by atoms with van der Waals surface area (Å²) < 4.78 is 0. The van der Waals surface area contributed by atoms with Crippen molar-refractivity contribution in [2.75, 3.05) is 26.2 Å². The number of carboxylic acids is 2. The van der Waals surface area contributed by atoms with Crippen molar-refractivity contribution < 1.29 is 102 Å². The van der Waals surface area contributed by atoms with Crippen LogP contribution in [0.2, 0.25) is 0 Å². The molecule has 2 saturated heterocycles. The van der Waals surface area contributed by atoms with Gasteiger partial charge in [0.2, 0.25) is 82.7 Å². The van der Waals surface area contributed by atoms with Crippen LogP contribution in [0.15, 0.2) is 4.99 Å². The van der Waals surface area contributed by atoms with Crippen molar-refractivity contribution in [1.29, 1.82) is 0 Å². The Morgan fingerprint density at radius 1 is 0.429 bits per heavy atom. The van der Waals surface area contributed by atoms with Crippen molar-refractivity contribution in [2.24, 2.45) is 63.4 Å². The topological polar surface area (TPSA) is 630 Å². The monoisotopic (exact) mass is 1490 g/mol. The highest BCUT2D eigenvalue weighted by atomic mass is 16.4. The van der Waals surface area contributed by atoms with E-state index in [1.165, 1.54) is 67.2 Å². The van der Waals surface area contributed by atoms with Gasteiger partial charge in [0.05, 0.1) is 37.7 Å². The van der Waals surface area contributed by atoms with Gasteiger partial charge in [-0.25, -0.2) is 4.79 Å². The number of rotatable bonds is 43. The summed E-state index contributed by atoms with van der Waals surface area (Å²) in [5.41, 5.74) is 22.3. The third kappa shape index (κ3) is 28.9. The van der Waals surface area contributed by atoms with Gasteiger partial charge in [-0.15, -0.1) is 0 Å². The molecular weight excluding hydrogens is 1380 g/mol. The highest BCUT2D eigenvalue weighted by molar-refractivity contribution is 6.01. The molecule has 0 radical (unpaired) electrons. The number of aliphatic imine (C=N–C) groups is 1. The Morgan fingerprint density at radius 3 is 1.19 bits per heavy atom. The van der Waals surface area contributed by atoms with E-state index in [9.17, 15) is 102 Å². The van der Waals surface area contributed by atoms with Crippen LogP contribution >= 0.6 is 0 Å². The Bertz CT molecular complexity index is 3110. The van der Waals surface area contributed by atoms with Crippen LogP contribution in [0.4, 0.5) is 0 Å². The number of carbonyl (C=O) groups is 16. The molecule has 0 bridgehead atoms. The average molecular weight is 1500 g/mol. The molecule has 2 heterocycles. The molecule has 2 fully saturated rings. The number of primary amides is 1. The summed E-state index contributed by atoms with van der Waals surface area (Å²) in [6.45, 7) is 20.2. The molecule has 2 aliphatic rings. The number of hydrogen-bond donors (Lipinski definition) is 20. The van der Waals surface area contributed by atoms with Gasteiger partial charge in [0.15, 0.2) is 5.96 Å². The van der Waals surface area contributed by atoms with E-state index in [1.807, 2.05) is 0 Å². The van der Waals surface area contributed by atoms with Crippen molar-refractivity contribution in [3.05, 3.63) is 0 Å². The smallest absolute Gasteiger partial charge is 0.326 e. The highest BCUT2D eigenvalue weighted by Crippen LogP contribution is 2.24. The summed E-state index contributed by atoms with van der Waals surface area (Å²) >= 11 is 0. The zero-order valence-corrected chi connectivity index (χ0v) is 62.3. The van der Waals surface area contributed by atoms with Crippen molar-refractivity contribution in [3.63, 3.8) is 0 Å². The summed E-state index contributed by atoms with van der Waals surface area (Å²) in [5.74, 6) is -21.0. The summed E-state index contributed by atoms with van der Waals surface area (Å²) in [6.07, 6.45) is -4.21. The minimum absolute atomic E-state index is 0.0271. The molecule has 2 rings (SSSR count). The molecule has 0 spiro atoms. The molecule has 0 aromatic carbocycles. The molecule has 105 heavy (non-hydrogen) atoms. The zero-order chi connectivity index (χ0) is 80.3. The number of hydrogen-bond acceptors (Lipinski definition) is 21. The van der Waals surface area contributed by atoms with Crippen molar-refractivity contribution in [1.82, 2.24) is 68.3 Å². The van der Waals surface area contributed by atoms with Crippen LogP contribution in [0, 0.1) is 35.5 Å². The zero-order valence-electron chi connectivity index (χ0n) is 62.3. The van der Waals surface area contributed by atoms with Gasteiger partial charge in [0, 0.05) is 19.6 Å². The van der Waals surface area contributed by atoms with E-state index in [4.69, 9.17) is 22.9 Å². The molecule has 14 amide bonds. The number of nitrogens with zero attached hydrogens (tertiary/aromatic N) is 3. The van der Waals surface area contributed by atoms with E-state index in [1.54, 1.807) is 27.7 Å². The third-order valence-electron chi connectivity index (χ3n) is 17.5. The fraction of sp³-hybridized carbons (Fsp3) is 0.742. The fourth-order valence-corrected chi connectivity index (χ4v) is 11.5. The van der Waals surface area contributed by atoms with E-state index in [0.717, 1.165) is 11.8 Å². The lowest BCUT2D eigenvalue weighted by Crippen LogP contribution is -2.63. The second-order valence-electron chi connectivity index (χ2n) is 28.7. The summed E-state index contributed by atoms with van der Waals surface area (Å²) in [4.78, 5) is 224. The SMILES string of the molecule is CC(C)C[C@H](NC(=O)[C@H](CC(=O)O)NC(=O)[C@@H](NC(=O)[C@@H](NC(=O)[C@H](CO)NC(=O)[C@@H](NC(=O)[C@H](CC(N)=O)NC(=O)[C@@H]1CCCN1C(=O)[C@@H](NC(=O)[C@@H]1CCCN1C(=O)[C@@H](N)C(C)C)[C@@H](C)O)C(C)C)C(C)C)C(C)C)C(=O)N[C@H](C(=O)N[C@H](C(=O)N[C@@H](CCCN=C(N)N)C(=O)O)C(C)C)[C@@H](C)O. The molecule has 0 aromatic heterocycles. The Balaban J connectivity index is 2.30. The first kappa shape index (κ1) is 91.7. The maximum Gasteiger partial charge on any atom is 0.326 e. The number of likely N-dealkylation sites (tertiary alicyclic amines) is 2. The van der Waals surface area contributed by atoms with E-state index in [0.29, 0.717) is 6.42 Å². The second-order valence-corrected chi connectivity index (χ2v) is 28.7. The summed E-state index contributed by atoms with van der Waals surface area (Å²) in [6, 6.07) is -21.3. The number of carbonyl (C=O) groups excluding carboxylic acids is 14. The number of nitrogens with two attached hydrogens (primary N) is 4. The van der Waals surface area contributed by atoms with Gasteiger partial charge in [-0.1, -0.05) is 83.1 Å². The standard InChI is InChI=1S/C66H114N18O21/c1-28(2)24-37(53(92)81-50(34(13)86)62(101)80-47(31(7)8)58(97)72-36(65(104)105)18-15-21-71-66(69)70)73-52(91)39(26-44(89)90)75-59(98)48(32(9)10)79-61(100)49(33(11)12)78-55(94)40(27-85)76-60(99)46(30(5)6)77-54(93)38(25-43(67)88)74-56(95)41-19-17-23-84(41)64(103)51(35(14)87)82-57(96)42-20-16-22-83(42)63(102)45(68)29(3)4/h28-42,45-51,85-87H,15-27,68H2,1-14H3,(H2,67,88)(H,72,97)(H,73,91)(H,74,95)(H,75,98)(H,76,99)(H,77,93)(H,78,94)(H,79,100)(H,80,101)(H,81,92)(H,82,96)(H,89,90)(H,104,105)(H4,69,70,71)/t34-,35-,36+,37+,38+,39+,40+,41+,42+,45+,46+,47+,48+,49+,50+,51+/m1/s1. The molecule has 24 N–H and O–H groups in total. The molecule has 39 nitrogen and oxygen atoms in total. The van der Waals surface area contributed by atoms with E-state index >= 15 is 0 Å². The van der Waals surface area contributed by atoms with Crippen LogP contribution in [-0.4, -0.2) is 259 Å². The summed E-state index contributed by atoms with van der Waals surface area (Å²) in [7, 11) is 0. The molecule has 0 aromatic rings. The maximum atomic E-state index is 14.2. The van der Waals surface area contributed by atoms with Crippen LogP contribution in [0.5, 0.6) is 0 Å². The Labute approximate surface area is 610 Å². The normalized spacial score (nSPS) is 18.4. The van der Waals surface area contributed by atoms with Crippen LogP contribution in [0.25, 0.3) is 0 Å². The fourth-order valence-electron chi connectivity index (χ4n) is 11.5. The van der Waals surface area contributed by atoms with Gasteiger partial charge in [-0.3, -0.25) is 76.9 Å².